The zero-order valence-corrected chi connectivity index (χ0v) is 10.6. The van der Waals surface area contributed by atoms with Crippen molar-refractivity contribution < 1.29 is 0 Å². The summed E-state index contributed by atoms with van der Waals surface area (Å²) in [5.41, 5.74) is 2.51. The first-order valence-corrected chi connectivity index (χ1v) is 7.31. The molecule has 2 aromatic heterocycles. The van der Waals surface area contributed by atoms with Crippen LogP contribution >= 0.6 is 11.8 Å². The van der Waals surface area contributed by atoms with Gasteiger partial charge in [-0.15, -0.1) is 0 Å². The van der Waals surface area contributed by atoms with Crippen molar-refractivity contribution in [3.05, 3.63) is 36.2 Å². The quantitative estimate of drug-likeness (QED) is 0.902. The zero-order valence-electron chi connectivity index (χ0n) is 9.80. The van der Waals surface area contributed by atoms with Gasteiger partial charge >= 0.3 is 0 Å². The Morgan fingerprint density at radius 1 is 1.35 bits per heavy atom. The summed E-state index contributed by atoms with van der Waals surface area (Å²) in [6, 6.07) is 6.89. The van der Waals surface area contributed by atoms with Gasteiger partial charge in [-0.1, -0.05) is 6.07 Å². The maximum Gasteiger partial charge on any atom is 0.0706 e. The lowest BCUT2D eigenvalue weighted by Gasteiger charge is -2.22. The van der Waals surface area contributed by atoms with Crippen molar-refractivity contribution in [2.24, 2.45) is 0 Å². The number of hydrogen-bond donors (Lipinski definition) is 1. The molecule has 0 saturated carbocycles. The Morgan fingerprint density at radius 3 is 3.12 bits per heavy atom. The van der Waals surface area contributed by atoms with E-state index in [0.717, 1.165) is 6.54 Å². The van der Waals surface area contributed by atoms with Crippen LogP contribution in [0.1, 0.15) is 18.4 Å². The molecule has 4 heteroatoms. The second kappa shape index (κ2) is 5.10. The fraction of sp³-hybridized carbons (Fsp3) is 0.462. The van der Waals surface area contributed by atoms with Crippen LogP contribution in [0.2, 0.25) is 0 Å². The van der Waals surface area contributed by atoms with E-state index in [1.807, 2.05) is 23.0 Å². The molecule has 17 heavy (non-hydrogen) atoms. The molecule has 2 aromatic rings. The zero-order chi connectivity index (χ0) is 11.5. The van der Waals surface area contributed by atoms with Crippen LogP contribution in [0.5, 0.6) is 0 Å². The summed E-state index contributed by atoms with van der Waals surface area (Å²) in [7, 11) is 0. The second-order valence-corrected chi connectivity index (χ2v) is 5.69. The fourth-order valence-electron chi connectivity index (χ4n) is 2.28. The van der Waals surface area contributed by atoms with Crippen molar-refractivity contribution in [1.82, 2.24) is 14.9 Å². The predicted molar refractivity (Wildman–Crippen MR) is 72.4 cm³/mol. The predicted octanol–water partition coefficient (Wildman–Crippen LogP) is 2.32. The van der Waals surface area contributed by atoms with Crippen molar-refractivity contribution in [3.8, 4) is 0 Å². The highest BCUT2D eigenvalue weighted by molar-refractivity contribution is 7.99. The molecule has 0 unspecified atom stereocenters. The van der Waals surface area contributed by atoms with Gasteiger partial charge in [-0.3, -0.25) is 0 Å². The number of nitrogens with one attached hydrogen (secondary N) is 1. The van der Waals surface area contributed by atoms with E-state index in [2.05, 4.69) is 34.3 Å². The molecule has 1 saturated heterocycles. The largest absolute Gasteiger partial charge is 0.310 e. The maximum absolute atomic E-state index is 4.35. The molecule has 0 bridgehead atoms. The van der Waals surface area contributed by atoms with Crippen LogP contribution in [-0.2, 0) is 6.54 Å². The first-order valence-electron chi connectivity index (χ1n) is 6.16. The van der Waals surface area contributed by atoms with E-state index in [0.29, 0.717) is 6.04 Å². The molecule has 0 aliphatic carbocycles. The normalized spacial score (nSPS) is 17.6. The summed E-state index contributed by atoms with van der Waals surface area (Å²) in [6.45, 7) is 0.933. The van der Waals surface area contributed by atoms with E-state index >= 15 is 0 Å². The van der Waals surface area contributed by atoms with Crippen molar-refractivity contribution in [2.75, 3.05) is 11.5 Å². The van der Waals surface area contributed by atoms with Gasteiger partial charge in [-0.25, -0.2) is 4.52 Å². The third-order valence-electron chi connectivity index (χ3n) is 3.31. The van der Waals surface area contributed by atoms with Gasteiger partial charge in [0.15, 0.2) is 0 Å². The van der Waals surface area contributed by atoms with Gasteiger partial charge < -0.3 is 5.32 Å². The fourth-order valence-corrected chi connectivity index (χ4v) is 3.39. The third kappa shape index (κ3) is 2.48. The molecular formula is C13H17N3S. The summed E-state index contributed by atoms with van der Waals surface area (Å²) in [5, 5.41) is 8.00. The molecular weight excluding hydrogens is 230 g/mol. The van der Waals surface area contributed by atoms with E-state index in [9.17, 15) is 0 Å². The summed E-state index contributed by atoms with van der Waals surface area (Å²) in [5.74, 6) is 2.60. The molecule has 1 aliphatic rings. The number of nitrogens with zero attached hydrogens (tertiary/aromatic N) is 2. The highest BCUT2D eigenvalue weighted by atomic mass is 32.2. The van der Waals surface area contributed by atoms with E-state index in [-0.39, 0.29) is 0 Å². The summed E-state index contributed by atoms with van der Waals surface area (Å²) >= 11 is 2.07. The Hall–Kier alpha value is -1.00. The molecule has 1 N–H and O–H groups in total. The van der Waals surface area contributed by atoms with Crippen molar-refractivity contribution in [3.63, 3.8) is 0 Å². The molecule has 0 radical (unpaired) electrons. The molecule has 1 aliphatic heterocycles. The number of hydrogen-bond acceptors (Lipinski definition) is 3. The lowest BCUT2D eigenvalue weighted by molar-refractivity contribution is 0.483. The SMILES string of the molecule is c1ccn2ncc(CNC3CCSCC3)c2c1. The Bertz CT molecular complexity index is 488. The topological polar surface area (TPSA) is 29.3 Å². The second-order valence-electron chi connectivity index (χ2n) is 4.47. The van der Waals surface area contributed by atoms with Crippen molar-refractivity contribution in [1.29, 1.82) is 0 Å². The minimum Gasteiger partial charge on any atom is -0.310 e. The third-order valence-corrected chi connectivity index (χ3v) is 4.36. The van der Waals surface area contributed by atoms with Gasteiger partial charge in [-0.2, -0.15) is 16.9 Å². The number of pyridine rings is 1. The smallest absolute Gasteiger partial charge is 0.0706 e. The van der Waals surface area contributed by atoms with Gasteiger partial charge in [0.05, 0.1) is 11.7 Å². The number of rotatable bonds is 3. The van der Waals surface area contributed by atoms with Gasteiger partial charge in [0.25, 0.3) is 0 Å². The van der Waals surface area contributed by atoms with Gasteiger partial charge in [0, 0.05) is 24.3 Å². The standard InChI is InChI=1S/C13H17N3S/c1-2-6-16-13(3-1)11(10-15-16)9-14-12-4-7-17-8-5-12/h1-3,6,10,12,14H,4-5,7-9H2. The molecule has 0 aromatic carbocycles. The molecule has 3 heterocycles. The van der Waals surface area contributed by atoms with Crippen LogP contribution < -0.4 is 5.32 Å². The number of aromatic nitrogens is 2. The molecule has 3 rings (SSSR count). The van der Waals surface area contributed by atoms with Crippen molar-refractivity contribution >= 4 is 17.3 Å². The minimum absolute atomic E-state index is 0.690. The number of thioether (sulfide) groups is 1. The van der Waals surface area contributed by atoms with Gasteiger partial charge in [0.1, 0.15) is 0 Å². The van der Waals surface area contributed by atoms with Crippen molar-refractivity contribution in [2.45, 2.75) is 25.4 Å². The minimum atomic E-state index is 0.690. The van der Waals surface area contributed by atoms with Gasteiger partial charge in [-0.05, 0) is 36.5 Å². The Kier molecular flexibility index (Phi) is 3.34. The molecule has 0 spiro atoms. The Balaban J connectivity index is 1.68. The average Bonchev–Trinajstić information content (AvgIpc) is 2.81. The summed E-state index contributed by atoms with van der Waals surface area (Å²) in [6.07, 6.45) is 6.56. The molecule has 0 amide bonds. The molecule has 0 atom stereocenters. The van der Waals surface area contributed by atoms with E-state index in [1.54, 1.807) is 0 Å². The first-order chi connectivity index (χ1) is 8.43. The molecule has 3 nitrogen and oxygen atoms in total. The number of fused-ring (bicyclic) bond motifs is 1. The Morgan fingerprint density at radius 2 is 2.24 bits per heavy atom. The van der Waals surface area contributed by atoms with Crippen LogP contribution in [-0.4, -0.2) is 27.2 Å². The lowest BCUT2D eigenvalue weighted by atomic mass is 10.1. The van der Waals surface area contributed by atoms with E-state index < -0.39 is 0 Å². The van der Waals surface area contributed by atoms with Crippen LogP contribution in [0, 0.1) is 0 Å². The van der Waals surface area contributed by atoms with E-state index in [1.165, 1.54) is 35.4 Å². The van der Waals surface area contributed by atoms with Crippen LogP contribution in [0.3, 0.4) is 0 Å². The highest BCUT2D eigenvalue weighted by Gasteiger charge is 2.13. The maximum atomic E-state index is 4.35. The van der Waals surface area contributed by atoms with Gasteiger partial charge in [0.2, 0.25) is 0 Å². The molecule has 1 fully saturated rings. The summed E-state index contributed by atoms with van der Waals surface area (Å²) < 4.78 is 1.94. The van der Waals surface area contributed by atoms with Crippen LogP contribution in [0.4, 0.5) is 0 Å². The van der Waals surface area contributed by atoms with Crippen LogP contribution in [0.25, 0.3) is 5.52 Å². The monoisotopic (exact) mass is 247 g/mol. The summed E-state index contributed by atoms with van der Waals surface area (Å²) in [4.78, 5) is 0. The highest BCUT2D eigenvalue weighted by Crippen LogP contribution is 2.18. The average molecular weight is 247 g/mol. The van der Waals surface area contributed by atoms with E-state index in [4.69, 9.17) is 0 Å². The molecule has 90 valence electrons. The van der Waals surface area contributed by atoms with Crippen LogP contribution in [0.15, 0.2) is 30.6 Å². The Labute approximate surface area is 106 Å². The lowest BCUT2D eigenvalue weighted by Crippen LogP contribution is -2.31. The first kappa shape index (κ1) is 11.1.